The highest BCUT2D eigenvalue weighted by Crippen LogP contribution is 2.45. The number of rotatable bonds is 5. The van der Waals surface area contributed by atoms with Crippen molar-refractivity contribution in [3.8, 4) is 0 Å². The maximum Gasteiger partial charge on any atom is 0.227 e. The second-order valence-corrected chi connectivity index (χ2v) is 5.41. The maximum absolute atomic E-state index is 12.1. The lowest BCUT2D eigenvalue weighted by Crippen LogP contribution is -2.37. The van der Waals surface area contributed by atoms with Crippen LogP contribution in [0, 0.1) is 19.3 Å². The molecule has 0 heterocycles. The van der Waals surface area contributed by atoms with Crippen LogP contribution in [0.15, 0.2) is 18.2 Å². The fourth-order valence-corrected chi connectivity index (χ4v) is 2.26. The summed E-state index contributed by atoms with van der Waals surface area (Å²) >= 11 is 0. The van der Waals surface area contributed by atoms with E-state index in [1.54, 1.807) is 0 Å². The van der Waals surface area contributed by atoms with Crippen LogP contribution in [0.2, 0.25) is 0 Å². The summed E-state index contributed by atoms with van der Waals surface area (Å²) in [5, 5.41) is 6.16. The maximum atomic E-state index is 12.1. The van der Waals surface area contributed by atoms with Crippen LogP contribution in [0.5, 0.6) is 0 Å². The Bertz CT molecular complexity index is 450. The molecule has 0 aromatic heterocycles. The molecule has 1 fully saturated rings. The molecule has 0 atom stereocenters. The van der Waals surface area contributed by atoms with Crippen molar-refractivity contribution in [1.29, 1.82) is 0 Å². The van der Waals surface area contributed by atoms with Crippen LogP contribution in [-0.4, -0.2) is 19.5 Å². The van der Waals surface area contributed by atoms with Gasteiger partial charge in [0.25, 0.3) is 0 Å². The lowest BCUT2D eigenvalue weighted by Gasteiger charge is -2.15. The number of hydrogen-bond donors (Lipinski definition) is 2. The van der Waals surface area contributed by atoms with E-state index in [2.05, 4.69) is 42.7 Å². The first-order valence-corrected chi connectivity index (χ1v) is 6.56. The van der Waals surface area contributed by atoms with Crippen LogP contribution in [0.4, 0.5) is 0 Å². The van der Waals surface area contributed by atoms with E-state index in [4.69, 9.17) is 0 Å². The van der Waals surface area contributed by atoms with Crippen molar-refractivity contribution in [2.75, 3.05) is 13.6 Å². The molecule has 18 heavy (non-hydrogen) atoms. The van der Waals surface area contributed by atoms with Gasteiger partial charge in [0, 0.05) is 13.1 Å². The number of nitrogens with one attached hydrogen (secondary N) is 2. The highest BCUT2D eigenvalue weighted by atomic mass is 16.2. The normalized spacial score (nSPS) is 16.4. The van der Waals surface area contributed by atoms with Gasteiger partial charge in [-0.15, -0.1) is 0 Å². The van der Waals surface area contributed by atoms with Crippen molar-refractivity contribution in [2.24, 2.45) is 5.41 Å². The molecule has 0 spiro atoms. The molecule has 1 aliphatic rings. The third-order valence-electron chi connectivity index (χ3n) is 3.87. The van der Waals surface area contributed by atoms with Gasteiger partial charge in [-0.2, -0.15) is 0 Å². The van der Waals surface area contributed by atoms with E-state index in [-0.39, 0.29) is 11.3 Å². The third-order valence-corrected chi connectivity index (χ3v) is 3.87. The Hall–Kier alpha value is -1.35. The van der Waals surface area contributed by atoms with Gasteiger partial charge < -0.3 is 10.6 Å². The van der Waals surface area contributed by atoms with Gasteiger partial charge in [0.05, 0.1) is 5.41 Å². The fraction of sp³-hybridized carbons (Fsp3) is 0.533. The van der Waals surface area contributed by atoms with Crippen molar-refractivity contribution in [2.45, 2.75) is 33.2 Å². The van der Waals surface area contributed by atoms with Gasteiger partial charge in [-0.25, -0.2) is 0 Å². The predicted molar refractivity (Wildman–Crippen MR) is 73.4 cm³/mol. The number of benzene rings is 1. The van der Waals surface area contributed by atoms with Crippen LogP contribution in [0.25, 0.3) is 0 Å². The van der Waals surface area contributed by atoms with Gasteiger partial charge in [0.2, 0.25) is 5.91 Å². The first kappa shape index (κ1) is 13.1. The Morgan fingerprint density at radius 3 is 2.56 bits per heavy atom. The first-order valence-electron chi connectivity index (χ1n) is 6.56. The molecule has 1 amide bonds. The summed E-state index contributed by atoms with van der Waals surface area (Å²) in [4.78, 5) is 12.1. The van der Waals surface area contributed by atoms with Crippen LogP contribution in [0.3, 0.4) is 0 Å². The molecule has 3 nitrogen and oxygen atoms in total. The van der Waals surface area contributed by atoms with Gasteiger partial charge in [0.1, 0.15) is 0 Å². The molecule has 1 saturated carbocycles. The summed E-state index contributed by atoms with van der Waals surface area (Å²) in [6, 6.07) is 6.34. The summed E-state index contributed by atoms with van der Waals surface area (Å²) in [5.74, 6) is 0.190. The zero-order chi connectivity index (χ0) is 13.2. The minimum atomic E-state index is -0.130. The third kappa shape index (κ3) is 2.72. The average molecular weight is 246 g/mol. The Morgan fingerprint density at radius 1 is 1.28 bits per heavy atom. The molecule has 3 heteroatoms. The molecule has 98 valence electrons. The van der Waals surface area contributed by atoms with Gasteiger partial charge in [0.15, 0.2) is 0 Å². The SMILES string of the molecule is CNCC1(C(=O)NCc2ccc(C)c(C)c2)CC1. The fourth-order valence-electron chi connectivity index (χ4n) is 2.26. The first-order chi connectivity index (χ1) is 8.57. The van der Waals surface area contributed by atoms with Crippen LogP contribution >= 0.6 is 0 Å². The van der Waals surface area contributed by atoms with Gasteiger partial charge in [-0.1, -0.05) is 18.2 Å². The molecule has 2 N–H and O–H groups in total. The summed E-state index contributed by atoms with van der Waals surface area (Å²) in [7, 11) is 1.90. The molecule has 0 saturated heterocycles. The second kappa shape index (κ2) is 5.11. The molecular weight excluding hydrogens is 224 g/mol. The number of hydrogen-bond acceptors (Lipinski definition) is 2. The summed E-state index contributed by atoms with van der Waals surface area (Å²) in [6.45, 7) is 5.62. The minimum Gasteiger partial charge on any atom is -0.352 e. The molecule has 1 aromatic carbocycles. The van der Waals surface area contributed by atoms with Crippen LogP contribution < -0.4 is 10.6 Å². The Kier molecular flexibility index (Phi) is 3.71. The van der Waals surface area contributed by atoms with Crippen molar-refractivity contribution >= 4 is 5.91 Å². The molecule has 1 aliphatic carbocycles. The Balaban J connectivity index is 1.91. The molecule has 2 rings (SSSR count). The Labute approximate surface area is 109 Å². The van der Waals surface area contributed by atoms with Gasteiger partial charge in [-0.05, 0) is 50.4 Å². The highest BCUT2D eigenvalue weighted by molar-refractivity contribution is 5.85. The van der Waals surface area contributed by atoms with E-state index >= 15 is 0 Å². The summed E-state index contributed by atoms with van der Waals surface area (Å²) in [5.41, 5.74) is 3.61. The molecule has 0 bridgehead atoms. The zero-order valence-corrected chi connectivity index (χ0v) is 11.5. The standard InChI is InChI=1S/C15H22N2O/c1-11-4-5-13(8-12(11)2)9-17-14(18)15(6-7-15)10-16-3/h4-5,8,16H,6-7,9-10H2,1-3H3,(H,17,18). The van der Waals surface area contributed by atoms with Crippen LogP contribution in [0.1, 0.15) is 29.5 Å². The molecular formula is C15H22N2O. The summed E-state index contributed by atoms with van der Waals surface area (Å²) < 4.78 is 0. The average Bonchev–Trinajstić information content (AvgIpc) is 3.12. The minimum absolute atomic E-state index is 0.130. The predicted octanol–water partition coefficient (Wildman–Crippen LogP) is 1.92. The molecule has 0 unspecified atom stereocenters. The van der Waals surface area contributed by atoms with Gasteiger partial charge >= 0.3 is 0 Å². The monoisotopic (exact) mass is 246 g/mol. The lowest BCUT2D eigenvalue weighted by atomic mass is 10.0. The molecule has 0 radical (unpaired) electrons. The number of amides is 1. The molecule has 1 aromatic rings. The van der Waals surface area contributed by atoms with Crippen LogP contribution in [-0.2, 0) is 11.3 Å². The van der Waals surface area contributed by atoms with Crippen molar-refractivity contribution in [1.82, 2.24) is 10.6 Å². The van der Waals surface area contributed by atoms with E-state index in [1.165, 1.54) is 16.7 Å². The molecule has 0 aliphatic heterocycles. The number of aryl methyl sites for hydroxylation is 2. The summed E-state index contributed by atoms with van der Waals surface area (Å²) in [6.07, 6.45) is 2.01. The lowest BCUT2D eigenvalue weighted by molar-refractivity contribution is -0.126. The van der Waals surface area contributed by atoms with Gasteiger partial charge in [-0.3, -0.25) is 4.79 Å². The van der Waals surface area contributed by atoms with E-state index in [0.717, 1.165) is 19.4 Å². The van der Waals surface area contributed by atoms with Crippen molar-refractivity contribution in [3.05, 3.63) is 34.9 Å². The highest BCUT2D eigenvalue weighted by Gasteiger charge is 2.48. The smallest absolute Gasteiger partial charge is 0.227 e. The quantitative estimate of drug-likeness (QED) is 0.833. The van der Waals surface area contributed by atoms with E-state index in [1.807, 2.05) is 7.05 Å². The van der Waals surface area contributed by atoms with Crippen molar-refractivity contribution < 1.29 is 4.79 Å². The Morgan fingerprint density at radius 2 is 2.00 bits per heavy atom. The zero-order valence-electron chi connectivity index (χ0n) is 11.5. The van der Waals surface area contributed by atoms with E-state index in [0.29, 0.717) is 6.54 Å². The largest absolute Gasteiger partial charge is 0.352 e. The van der Waals surface area contributed by atoms with E-state index in [9.17, 15) is 4.79 Å². The number of carbonyl (C=O) groups is 1. The number of carbonyl (C=O) groups excluding carboxylic acids is 1. The van der Waals surface area contributed by atoms with E-state index < -0.39 is 0 Å². The second-order valence-electron chi connectivity index (χ2n) is 5.41. The van der Waals surface area contributed by atoms with Crippen molar-refractivity contribution in [3.63, 3.8) is 0 Å². The topological polar surface area (TPSA) is 41.1 Å².